The van der Waals surface area contributed by atoms with E-state index in [0.717, 1.165) is 13.0 Å². The van der Waals surface area contributed by atoms with Crippen LogP contribution in [0.4, 0.5) is 11.9 Å². The minimum atomic E-state index is -0.783. The highest BCUT2D eigenvalue weighted by molar-refractivity contribution is 5.36. The predicted molar refractivity (Wildman–Crippen MR) is 78.7 cm³/mol. The summed E-state index contributed by atoms with van der Waals surface area (Å²) in [5.74, 6) is 0.852. The quantitative estimate of drug-likeness (QED) is 0.674. The Bertz CT molecular complexity index is 451. The third-order valence-corrected chi connectivity index (χ3v) is 3.33. The molecule has 8 nitrogen and oxygen atoms in total. The maximum Gasteiger partial charge on any atom is 0.322 e. The molecule has 118 valence electrons. The van der Waals surface area contributed by atoms with Gasteiger partial charge in [-0.25, -0.2) is 0 Å². The fraction of sp³-hybridized carbons (Fsp3) is 0.769. The number of nitrogens with one attached hydrogen (secondary N) is 2. The van der Waals surface area contributed by atoms with Gasteiger partial charge in [0, 0.05) is 39.1 Å². The molecule has 0 saturated carbocycles. The first-order chi connectivity index (χ1) is 10.1. The highest BCUT2D eigenvalue weighted by Crippen LogP contribution is 2.21. The summed E-state index contributed by atoms with van der Waals surface area (Å²) in [4.78, 5) is 12.5. The second kappa shape index (κ2) is 7.37. The minimum Gasteiger partial charge on any atom is -0.467 e. The molecule has 0 radical (unpaired) electrons. The Kier molecular flexibility index (Phi) is 5.51. The van der Waals surface area contributed by atoms with E-state index in [2.05, 4.69) is 32.5 Å². The summed E-state index contributed by atoms with van der Waals surface area (Å²) < 4.78 is 10.3. The first-order valence-electron chi connectivity index (χ1n) is 7.23. The normalized spacial score (nSPS) is 17.3. The molecular weight excluding hydrogens is 274 g/mol. The van der Waals surface area contributed by atoms with Crippen LogP contribution in [0.25, 0.3) is 0 Å². The SMILES string of the molecule is CCCNc1nc(NCC2(O)CCOCC2)nc(OC)n1. The van der Waals surface area contributed by atoms with E-state index in [1.165, 1.54) is 7.11 Å². The van der Waals surface area contributed by atoms with Crippen molar-refractivity contribution in [2.24, 2.45) is 0 Å². The van der Waals surface area contributed by atoms with E-state index in [1.807, 2.05) is 0 Å². The van der Waals surface area contributed by atoms with Gasteiger partial charge in [0.15, 0.2) is 0 Å². The van der Waals surface area contributed by atoms with Gasteiger partial charge in [-0.2, -0.15) is 15.0 Å². The Balaban J connectivity index is 2.00. The predicted octanol–water partition coefficient (Wildman–Crippen LogP) is 0.655. The van der Waals surface area contributed by atoms with Crippen molar-refractivity contribution in [3.8, 4) is 6.01 Å². The molecule has 1 saturated heterocycles. The molecule has 0 aliphatic carbocycles. The number of hydrogen-bond acceptors (Lipinski definition) is 8. The van der Waals surface area contributed by atoms with Crippen LogP contribution in [0.1, 0.15) is 26.2 Å². The van der Waals surface area contributed by atoms with Crippen molar-refractivity contribution < 1.29 is 14.6 Å². The van der Waals surface area contributed by atoms with Crippen LogP contribution in [0.2, 0.25) is 0 Å². The van der Waals surface area contributed by atoms with Crippen LogP contribution in [0.3, 0.4) is 0 Å². The molecule has 21 heavy (non-hydrogen) atoms. The van der Waals surface area contributed by atoms with E-state index in [1.54, 1.807) is 0 Å². The summed E-state index contributed by atoms with van der Waals surface area (Å²) in [5, 5.41) is 16.6. The highest BCUT2D eigenvalue weighted by atomic mass is 16.5. The standard InChI is InChI=1S/C13H23N5O3/c1-3-6-14-10-16-11(18-12(17-10)20-2)15-9-13(19)4-7-21-8-5-13/h19H,3-9H2,1-2H3,(H2,14,15,16,17,18). The van der Waals surface area contributed by atoms with Gasteiger partial charge in [0.2, 0.25) is 11.9 Å². The molecule has 1 aromatic rings. The third-order valence-electron chi connectivity index (χ3n) is 3.33. The Labute approximate surface area is 124 Å². The largest absolute Gasteiger partial charge is 0.467 e. The number of rotatable bonds is 7. The van der Waals surface area contributed by atoms with Gasteiger partial charge in [-0.3, -0.25) is 0 Å². The molecule has 0 unspecified atom stereocenters. The topological polar surface area (TPSA) is 101 Å². The summed E-state index contributed by atoms with van der Waals surface area (Å²) in [7, 11) is 1.51. The lowest BCUT2D eigenvalue weighted by molar-refractivity contribution is -0.0544. The molecule has 8 heteroatoms. The average molecular weight is 297 g/mol. The molecule has 2 rings (SSSR count). The van der Waals surface area contributed by atoms with Crippen LogP contribution in [0.5, 0.6) is 6.01 Å². The maximum atomic E-state index is 10.4. The summed E-state index contributed by atoms with van der Waals surface area (Å²) in [6, 6.07) is 0.241. The number of methoxy groups -OCH3 is 1. The van der Waals surface area contributed by atoms with Crippen molar-refractivity contribution in [2.75, 3.05) is 44.0 Å². The summed E-state index contributed by atoms with van der Waals surface area (Å²) in [5.41, 5.74) is -0.783. The zero-order valence-electron chi connectivity index (χ0n) is 12.6. The first kappa shape index (κ1) is 15.7. The van der Waals surface area contributed by atoms with Crippen molar-refractivity contribution in [2.45, 2.75) is 31.8 Å². The van der Waals surface area contributed by atoms with E-state index in [4.69, 9.17) is 9.47 Å². The second-order valence-electron chi connectivity index (χ2n) is 5.09. The van der Waals surface area contributed by atoms with E-state index in [9.17, 15) is 5.11 Å². The number of hydrogen-bond donors (Lipinski definition) is 3. The van der Waals surface area contributed by atoms with Gasteiger partial charge in [0.05, 0.1) is 12.7 Å². The smallest absolute Gasteiger partial charge is 0.322 e. The van der Waals surface area contributed by atoms with Gasteiger partial charge < -0.3 is 25.2 Å². The number of aliphatic hydroxyl groups is 1. The second-order valence-corrected chi connectivity index (χ2v) is 5.09. The number of ether oxygens (including phenoxy) is 2. The van der Waals surface area contributed by atoms with Crippen molar-refractivity contribution in [1.82, 2.24) is 15.0 Å². The van der Waals surface area contributed by atoms with Crippen LogP contribution in [-0.2, 0) is 4.74 Å². The van der Waals surface area contributed by atoms with E-state index < -0.39 is 5.60 Å². The Morgan fingerprint density at radius 2 is 1.86 bits per heavy atom. The maximum absolute atomic E-state index is 10.4. The number of aromatic nitrogens is 3. The van der Waals surface area contributed by atoms with Gasteiger partial charge >= 0.3 is 6.01 Å². The van der Waals surface area contributed by atoms with Crippen molar-refractivity contribution in [3.63, 3.8) is 0 Å². The van der Waals surface area contributed by atoms with Gasteiger partial charge in [-0.1, -0.05) is 6.92 Å². The summed E-state index contributed by atoms with van der Waals surface area (Å²) in [6.07, 6.45) is 2.17. The Morgan fingerprint density at radius 3 is 2.48 bits per heavy atom. The molecule has 1 aliphatic rings. The van der Waals surface area contributed by atoms with Crippen LogP contribution < -0.4 is 15.4 Å². The van der Waals surface area contributed by atoms with E-state index in [-0.39, 0.29) is 6.01 Å². The molecule has 0 spiro atoms. The Hall–Kier alpha value is -1.67. The fourth-order valence-electron chi connectivity index (χ4n) is 2.01. The zero-order chi connectivity index (χ0) is 15.1. The molecular formula is C13H23N5O3. The van der Waals surface area contributed by atoms with Crippen molar-refractivity contribution in [3.05, 3.63) is 0 Å². The average Bonchev–Trinajstić information content (AvgIpc) is 2.51. The summed E-state index contributed by atoms with van der Waals surface area (Å²) in [6.45, 7) is 4.35. The molecule has 0 atom stereocenters. The number of nitrogens with zero attached hydrogens (tertiary/aromatic N) is 3. The molecule has 0 amide bonds. The monoisotopic (exact) mass is 297 g/mol. The third kappa shape index (κ3) is 4.68. The van der Waals surface area contributed by atoms with E-state index >= 15 is 0 Å². The molecule has 1 fully saturated rings. The van der Waals surface area contributed by atoms with Crippen LogP contribution in [0, 0.1) is 0 Å². The molecule has 1 aromatic heterocycles. The number of anilines is 2. The molecule has 0 aromatic carbocycles. The van der Waals surface area contributed by atoms with Gasteiger partial charge in [-0.05, 0) is 6.42 Å². The molecule has 1 aliphatic heterocycles. The lowest BCUT2D eigenvalue weighted by Gasteiger charge is -2.32. The van der Waals surface area contributed by atoms with Crippen LogP contribution in [-0.4, -0.2) is 59.1 Å². The minimum absolute atomic E-state index is 0.241. The zero-order valence-corrected chi connectivity index (χ0v) is 12.6. The molecule has 2 heterocycles. The fourth-order valence-corrected chi connectivity index (χ4v) is 2.01. The first-order valence-corrected chi connectivity index (χ1v) is 7.23. The van der Waals surface area contributed by atoms with Gasteiger partial charge in [0.25, 0.3) is 0 Å². The Morgan fingerprint density at radius 1 is 1.19 bits per heavy atom. The van der Waals surface area contributed by atoms with Crippen LogP contribution >= 0.6 is 0 Å². The lowest BCUT2D eigenvalue weighted by atomic mass is 9.94. The van der Waals surface area contributed by atoms with Crippen LogP contribution in [0.15, 0.2) is 0 Å². The molecule has 0 bridgehead atoms. The van der Waals surface area contributed by atoms with E-state index in [0.29, 0.717) is 44.5 Å². The summed E-state index contributed by atoms with van der Waals surface area (Å²) >= 11 is 0. The molecule has 3 N–H and O–H groups in total. The lowest BCUT2D eigenvalue weighted by Crippen LogP contribution is -2.42. The van der Waals surface area contributed by atoms with Gasteiger partial charge in [-0.15, -0.1) is 0 Å². The van der Waals surface area contributed by atoms with Crippen molar-refractivity contribution >= 4 is 11.9 Å². The van der Waals surface area contributed by atoms with Crippen molar-refractivity contribution in [1.29, 1.82) is 0 Å². The van der Waals surface area contributed by atoms with Gasteiger partial charge in [0.1, 0.15) is 0 Å². The highest BCUT2D eigenvalue weighted by Gasteiger charge is 2.29.